The van der Waals surface area contributed by atoms with Gasteiger partial charge in [0.1, 0.15) is 5.52 Å². The molecular weight excluding hydrogens is 304 g/mol. The van der Waals surface area contributed by atoms with Gasteiger partial charge in [0.05, 0.1) is 11.9 Å². The summed E-state index contributed by atoms with van der Waals surface area (Å²) >= 11 is 0. The number of H-pyrrole nitrogens is 1. The molecule has 1 aromatic heterocycles. The highest BCUT2D eigenvalue weighted by molar-refractivity contribution is 6.14. The Morgan fingerprint density at radius 3 is 2.30 bits per heavy atom. The van der Waals surface area contributed by atoms with Gasteiger partial charge in [0.15, 0.2) is 17.4 Å². The summed E-state index contributed by atoms with van der Waals surface area (Å²) in [5, 5.41) is 41.9. The number of pyridine rings is 1. The fourth-order valence-corrected chi connectivity index (χ4v) is 2.68. The molecule has 0 saturated heterocycles. The average molecular weight is 316 g/mol. The molecule has 0 radical (unpaired) electrons. The topological polar surface area (TPSA) is 143 Å². The van der Waals surface area contributed by atoms with E-state index in [0.29, 0.717) is 6.26 Å². The van der Waals surface area contributed by atoms with Gasteiger partial charge in [-0.2, -0.15) is 0 Å². The molecule has 0 unspecified atom stereocenters. The van der Waals surface area contributed by atoms with E-state index in [9.17, 15) is 30.0 Å². The largest absolute Gasteiger partial charge is 0.515 e. The third kappa shape index (κ3) is 1.85. The third-order valence-corrected chi connectivity index (χ3v) is 3.69. The van der Waals surface area contributed by atoms with Crippen molar-refractivity contribution in [2.45, 2.75) is 0 Å². The highest BCUT2D eigenvalue weighted by Crippen LogP contribution is 2.33. The number of rotatable bonds is 1. The second kappa shape index (κ2) is 4.80. The van der Waals surface area contributed by atoms with Crippen LogP contribution in [0.1, 0.15) is 0 Å². The lowest BCUT2D eigenvalue weighted by atomic mass is 10.0. The van der Waals surface area contributed by atoms with Crippen molar-refractivity contribution in [2.24, 2.45) is 0 Å². The van der Waals surface area contributed by atoms with Crippen LogP contribution >= 0.6 is 0 Å². The molecule has 0 atom stereocenters. The van der Waals surface area contributed by atoms with Crippen molar-refractivity contribution < 1.29 is 20.4 Å². The molecule has 6 N–H and O–H groups in total. The number of aromatic nitrogens is 1. The fourth-order valence-electron chi connectivity index (χ4n) is 2.68. The molecule has 3 aromatic rings. The molecule has 8 heteroatoms. The fraction of sp³-hybridized carbons (Fsp3) is 0.0667. The van der Waals surface area contributed by atoms with Gasteiger partial charge < -0.3 is 30.7 Å². The zero-order valence-corrected chi connectivity index (χ0v) is 11.8. The van der Waals surface area contributed by atoms with E-state index in [4.69, 9.17) is 0 Å². The number of aromatic hydroxyl groups is 3. The summed E-state index contributed by atoms with van der Waals surface area (Å²) in [6, 6.07) is 2.11. The van der Waals surface area contributed by atoms with Gasteiger partial charge in [0, 0.05) is 28.4 Å². The lowest BCUT2D eigenvalue weighted by molar-refractivity contribution is 0.457. The molecule has 0 aliphatic heterocycles. The molecule has 3 rings (SSSR count). The highest BCUT2D eigenvalue weighted by Gasteiger charge is 2.19. The molecule has 1 heterocycles. The van der Waals surface area contributed by atoms with E-state index in [1.54, 1.807) is 0 Å². The van der Waals surface area contributed by atoms with Crippen molar-refractivity contribution in [3.05, 3.63) is 37.8 Å². The molecule has 0 aliphatic carbocycles. The lowest BCUT2D eigenvalue weighted by Gasteiger charge is -2.12. The third-order valence-electron chi connectivity index (χ3n) is 3.69. The van der Waals surface area contributed by atoms with Crippen molar-refractivity contribution >= 4 is 33.6 Å². The first-order valence-electron chi connectivity index (χ1n) is 6.53. The first-order valence-corrected chi connectivity index (χ1v) is 6.53. The minimum absolute atomic E-state index is 0.0533. The summed E-state index contributed by atoms with van der Waals surface area (Å²) in [7, 11) is 1.44. The SMILES string of the molecule is CNc1c(=O)c(O)cc2c(O)[nH]c3c(=O)c(O)c/c(=C\O)c3c12. The van der Waals surface area contributed by atoms with Crippen LogP contribution in [0.15, 0.2) is 21.7 Å². The van der Waals surface area contributed by atoms with Crippen LogP contribution in [0.25, 0.3) is 27.9 Å². The van der Waals surface area contributed by atoms with Gasteiger partial charge in [-0.1, -0.05) is 0 Å². The average Bonchev–Trinajstić information content (AvgIpc) is 2.53. The monoisotopic (exact) mass is 316 g/mol. The molecule has 0 spiro atoms. The number of hydrogen-bond acceptors (Lipinski definition) is 7. The van der Waals surface area contributed by atoms with E-state index in [2.05, 4.69) is 10.3 Å². The predicted molar refractivity (Wildman–Crippen MR) is 85.2 cm³/mol. The number of fused-ring (bicyclic) bond motifs is 3. The molecular formula is C15H12N2O6. The van der Waals surface area contributed by atoms with Gasteiger partial charge in [-0.25, -0.2) is 0 Å². The molecule has 118 valence electrons. The van der Waals surface area contributed by atoms with Gasteiger partial charge in [-0.05, 0) is 12.1 Å². The Hall–Kier alpha value is -3.42. The second-order valence-electron chi connectivity index (χ2n) is 4.94. The predicted octanol–water partition coefficient (Wildman–Crippen LogP) is 0.215. The Kier molecular flexibility index (Phi) is 3.03. The van der Waals surface area contributed by atoms with Crippen LogP contribution < -0.4 is 21.4 Å². The molecule has 0 saturated carbocycles. The standard InChI is InChI=1S/C15H12N2O6/c1-16-11-10-6(3-8(20)13(11)21)15(23)17-12-9(10)5(4-18)2-7(19)14(12)22/h2-4,16-20,23H,1H3/b5-4+. The molecule has 8 nitrogen and oxygen atoms in total. The summed E-state index contributed by atoms with van der Waals surface area (Å²) in [6.45, 7) is 0. The number of nitrogens with one attached hydrogen (secondary N) is 2. The molecule has 0 aliphatic rings. The van der Waals surface area contributed by atoms with Crippen LogP contribution in [0, 0.1) is 0 Å². The summed E-state index contributed by atoms with van der Waals surface area (Å²) < 4.78 is 0. The van der Waals surface area contributed by atoms with Crippen LogP contribution in [0.5, 0.6) is 17.4 Å². The number of anilines is 1. The maximum atomic E-state index is 12.1. The summed E-state index contributed by atoms with van der Waals surface area (Å²) in [4.78, 5) is 26.6. The number of aliphatic hydroxyl groups excluding tert-OH is 1. The van der Waals surface area contributed by atoms with Crippen LogP contribution in [-0.4, -0.2) is 32.5 Å². The van der Waals surface area contributed by atoms with Gasteiger partial charge in [-0.3, -0.25) is 9.59 Å². The zero-order chi connectivity index (χ0) is 16.9. The first-order chi connectivity index (χ1) is 10.9. The lowest BCUT2D eigenvalue weighted by Crippen LogP contribution is -2.16. The highest BCUT2D eigenvalue weighted by atomic mass is 16.3. The number of benzene rings is 2. The maximum Gasteiger partial charge on any atom is 0.244 e. The first kappa shape index (κ1) is 14.5. The number of aliphatic hydroxyl groups is 1. The van der Waals surface area contributed by atoms with E-state index < -0.39 is 28.2 Å². The molecule has 0 bridgehead atoms. The zero-order valence-electron chi connectivity index (χ0n) is 11.8. The normalized spacial score (nSPS) is 12.1. The molecule has 2 aromatic carbocycles. The minimum atomic E-state index is -0.801. The van der Waals surface area contributed by atoms with E-state index in [0.717, 1.165) is 12.1 Å². The number of phenolic OH excluding ortho intramolecular Hbond substituents is 2. The Morgan fingerprint density at radius 1 is 1.04 bits per heavy atom. The molecule has 23 heavy (non-hydrogen) atoms. The van der Waals surface area contributed by atoms with Crippen LogP contribution in [0.3, 0.4) is 0 Å². The van der Waals surface area contributed by atoms with Crippen molar-refractivity contribution in [1.29, 1.82) is 0 Å². The van der Waals surface area contributed by atoms with E-state index in [-0.39, 0.29) is 32.6 Å². The summed E-state index contributed by atoms with van der Waals surface area (Å²) in [5.74, 6) is -1.67. The molecule has 0 fully saturated rings. The smallest absolute Gasteiger partial charge is 0.244 e. The van der Waals surface area contributed by atoms with Gasteiger partial charge in [0.2, 0.25) is 10.9 Å². The van der Waals surface area contributed by atoms with E-state index in [1.807, 2.05) is 0 Å². The van der Waals surface area contributed by atoms with Crippen LogP contribution in [-0.2, 0) is 0 Å². The summed E-state index contributed by atoms with van der Waals surface area (Å²) in [6.07, 6.45) is 0.669. The Balaban J connectivity index is 2.85. The van der Waals surface area contributed by atoms with Gasteiger partial charge in [-0.15, -0.1) is 0 Å². The van der Waals surface area contributed by atoms with Crippen LogP contribution in [0.2, 0.25) is 0 Å². The Labute approximate surface area is 127 Å². The number of hydrogen-bond donors (Lipinski definition) is 6. The van der Waals surface area contributed by atoms with Crippen molar-refractivity contribution in [1.82, 2.24) is 4.98 Å². The van der Waals surface area contributed by atoms with Gasteiger partial charge in [0.25, 0.3) is 0 Å². The van der Waals surface area contributed by atoms with Crippen LogP contribution in [0.4, 0.5) is 5.69 Å². The number of phenols is 2. The van der Waals surface area contributed by atoms with Crippen molar-refractivity contribution in [2.75, 3.05) is 12.4 Å². The Bertz CT molecular complexity index is 1130. The number of aromatic amines is 1. The Morgan fingerprint density at radius 2 is 1.70 bits per heavy atom. The summed E-state index contributed by atoms with van der Waals surface area (Å²) in [5.41, 5.74) is -1.76. The minimum Gasteiger partial charge on any atom is -0.515 e. The maximum absolute atomic E-state index is 12.1. The molecule has 0 amide bonds. The van der Waals surface area contributed by atoms with Crippen molar-refractivity contribution in [3.63, 3.8) is 0 Å². The quantitative estimate of drug-likeness (QED) is 0.352. The van der Waals surface area contributed by atoms with Gasteiger partial charge >= 0.3 is 0 Å². The van der Waals surface area contributed by atoms with E-state index in [1.165, 1.54) is 7.05 Å². The van der Waals surface area contributed by atoms with Crippen molar-refractivity contribution in [3.8, 4) is 17.4 Å². The second-order valence-corrected chi connectivity index (χ2v) is 4.94. The van der Waals surface area contributed by atoms with E-state index >= 15 is 0 Å².